The molecule has 3 aromatic rings. The fourth-order valence-electron chi connectivity index (χ4n) is 3.52. The van der Waals surface area contributed by atoms with Gasteiger partial charge in [-0.2, -0.15) is 0 Å². The molecule has 1 amide bonds. The molecular formula is C22H21N3O4. The van der Waals surface area contributed by atoms with Crippen molar-refractivity contribution in [1.82, 2.24) is 9.97 Å². The standard InChI is InChI=1S/C22H21N3O4/c1-13-23-21-20(22(27)24-13)16(11-19(26)25-21)15-8-9-17(18(10-15)28-2)29-12-14-6-4-3-5-7-14/h3-10,16H,11-12H2,1-2H3,(H2,23,24,25,26,27)/t16-/m1/s1. The number of fused-ring (bicyclic) bond motifs is 1. The van der Waals surface area contributed by atoms with Crippen molar-refractivity contribution in [3.8, 4) is 11.5 Å². The SMILES string of the molecule is COc1cc([C@H]2CC(=O)Nc3nc(C)[nH]c(=O)c32)ccc1OCc1ccccc1. The second-order valence-corrected chi connectivity index (χ2v) is 6.90. The van der Waals surface area contributed by atoms with E-state index >= 15 is 0 Å². The maximum Gasteiger partial charge on any atom is 0.256 e. The zero-order valence-corrected chi connectivity index (χ0v) is 16.2. The van der Waals surface area contributed by atoms with E-state index in [0.29, 0.717) is 35.3 Å². The van der Waals surface area contributed by atoms with Crippen molar-refractivity contribution in [3.63, 3.8) is 0 Å². The summed E-state index contributed by atoms with van der Waals surface area (Å²) in [4.78, 5) is 31.7. The number of anilines is 1. The van der Waals surface area contributed by atoms with Crippen molar-refractivity contribution < 1.29 is 14.3 Å². The van der Waals surface area contributed by atoms with Gasteiger partial charge in [-0.3, -0.25) is 9.59 Å². The van der Waals surface area contributed by atoms with Gasteiger partial charge in [-0.15, -0.1) is 0 Å². The second-order valence-electron chi connectivity index (χ2n) is 6.90. The fourth-order valence-corrected chi connectivity index (χ4v) is 3.52. The highest BCUT2D eigenvalue weighted by molar-refractivity contribution is 5.94. The summed E-state index contributed by atoms with van der Waals surface area (Å²) in [5.74, 6) is 1.32. The van der Waals surface area contributed by atoms with Gasteiger partial charge in [0.2, 0.25) is 5.91 Å². The van der Waals surface area contributed by atoms with Gasteiger partial charge in [0, 0.05) is 12.3 Å². The first-order valence-electron chi connectivity index (χ1n) is 9.30. The number of carbonyl (C=O) groups excluding carboxylic acids is 1. The van der Waals surface area contributed by atoms with Crippen LogP contribution in [0.25, 0.3) is 0 Å². The number of benzene rings is 2. The molecule has 0 bridgehead atoms. The Kier molecular flexibility index (Phi) is 5.03. The smallest absolute Gasteiger partial charge is 0.256 e. The number of amides is 1. The predicted molar refractivity (Wildman–Crippen MR) is 108 cm³/mol. The van der Waals surface area contributed by atoms with Crippen molar-refractivity contribution in [2.45, 2.75) is 25.9 Å². The number of nitrogens with zero attached hydrogens (tertiary/aromatic N) is 1. The van der Waals surface area contributed by atoms with E-state index < -0.39 is 5.92 Å². The fraction of sp³-hybridized carbons (Fsp3) is 0.227. The lowest BCUT2D eigenvalue weighted by Crippen LogP contribution is -2.31. The van der Waals surface area contributed by atoms with E-state index in [1.165, 1.54) is 0 Å². The highest BCUT2D eigenvalue weighted by atomic mass is 16.5. The molecule has 2 N–H and O–H groups in total. The number of hydrogen-bond acceptors (Lipinski definition) is 5. The van der Waals surface area contributed by atoms with E-state index in [9.17, 15) is 9.59 Å². The van der Waals surface area contributed by atoms with Crippen LogP contribution in [0.2, 0.25) is 0 Å². The largest absolute Gasteiger partial charge is 0.493 e. The number of carbonyl (C=O) groups is 1. The summed E-state index contributed by atoms with van der Waals surface area (Å²) < 4.78 is 11.4. The molecule has 0 radical (unpaired) electrons. The maximum atomic E-state index is 12.6. The summed E-state index contributed by atoms with van der Waals surface area (Å²) in [6.45, 7) is 2.09. The molecule has 0 unspecified atom stereocenters. The number of aryl methyl sites for hydroxylation is 1. The molecule has 7 nitrogen and oxygen atoms in total. The topological polar surface area (TPSA) is 93.3 Å². The second kappa shape index (κ2) is 7.79. The third-order valence-electron chi connectivity index (χ3n) is 4.90. The minimum Gasteiger partial charge on any atom is -0.493 e. The average molecular weight is 391 g/mol. The highest BCUT2D eigenvalue weighted by Crippen LogP contribution is 2.38. The number of rotatable bonds is 5. The quantitative estimate of drug-likeness (QED) is 0.697. The van der Waals surface area contributed by atoms with Crippen LogP contribution in [0, 0.1) is 6.92 Å². The molecule has 0 aliphatic carbocycles. The van der Waals surface area contributed by atoms with Gasteiger partial charge in [0.15, 0.2) is 11.5 Å². The molecule has 0 fully saturated rings. The van der Waals surface area contributed by atoms with Gasteiger partial charge in [-0.1, -0.05) is 36.4 Å². The number of nitrogens with one attached hydrogen (secondary N) is 2. The Morgan fingerprint density at radius 3 is 2.66 bits per heavy atom. The summed E-state index contributed by atoms with van der Waals surface area (Å²) in [6.07, 6.45) is 0.161. The van der Waals surface area contributed by atoms with Crippen molar-refractivity contribution >= 4 is 11.7 Å². The third-order valence-corrected chi connectivity index (χ3v) is 4.90. The van der Waals surface area contributed by atoms with Gasteiger partial charge in [-0.05, 0) is 30.2 Å². The number of ether oxygens (including phenoxy) is 2. The van der Waals surface area contributed by atoms with E-state index in [1.54, 1.807) is 20.1 Å². The van der Waals surface area contributed by atoms with E-state index in [2.05, 4.69) is 15.3 Å². The highest BCUT2D eigenvalue weighted by Gasteiger charge is 2.31. The molecule has 0 spiro atoms. The summed E-state index contributed by atoms with van der Waals surface area (Å²) >= 11 is 0. The van der Waals surface area contributed by atoms with E-state index in [0.717, 1.165) is 11.1 Å². The van der Waals surface area contributed by atoms with Gasteiger partial charge in [-0.25, -0.2) is 4.98 Å². The minimum atomic E-state index is -0.410. The van der Waals surface area contributed by atoms with Crippen LogP contribution < -0.4 is 20.3 Å². The monoisotopic (exact) mass is 391 g/mol. The lowest BCUT2D eigenvalue weighted by molar-refractivity contribution is -0.116. The third kappa shape index (κ3) is 3.85. The molecule has 0 saturated carbocycles. The number of aromatic nitrogens is 2. The van der Waals surface area contributed by atoms with E-state index in [-0.39, 0.29) is 17.9 Å². The average Bonchev–Trinajstić information content (AvgIpc) is 2.71. The molecule has 4 rings (SSSR count). The van der Waals surface area contributed by atoms with Crippen LogP contribution in [0.5, 0.6) is 11.5 Å². The lowest BCUT2D eigenvalue weighted by Gasteiger charge is -2.25. The van der Waals surface area contributed by atoms with Crippen LogP contribution in [0.3, 0.4) is 0 Å². The molecule has 1 aliphatic heterocycles. The van der Waals surface area contributed by atoms with Crippen molar-refractivity contribution in [2.24, 2.45) is 0 Å². The summed E-state index contributed by atoms with van der Waals surface area (Å²) in [7, 11) is 1.56. The van der Waals surface area contributed by atoms with E-state index in [4.69, 9.17) is 9.47 Å². The maximum absolute atomic E-state index is 12.6. The molecule has 29 heavy (non-hydrogen) atoms. The Bertz CT molecular complexity index is 1110. The molecule has 7 heteroatoms. The lowest BCUT2D eigenvalue weighted by atomic mass is 9.86. The van der Waals surface area contributed by atoms with Crippen molar-refractivity contribution in [1.29, 1.82) is 0 Å². The Morgan fingerprint density at radius 1 is 1.10 bits per heavy atom. The number of hydrogen-bond donors (Lipinski definition) is 2. The first kappa shape index (κ1) is 18.7. The zero-order valence-electron chi connectivity index (χ0n) is 16.2. The molecule has 1 atom stereocenters. The van der Waals surface area contributed by atoms with Gasteiger partial charge >= 0.3 is 0 Å². The molecular weight excluding hydrogens is 370 g/mol. The van der Waals surface area contributed by atoms with Gasteiger partial charge in [0.05, 0.1) is 12.7 Å². The van der Waals surface area contributed by atoms with Crippen molar-refractivity contribution in [3.05, 3.63) is 81.4 Å². The summed E-state index contributed by atoms with van der Waals surface area (Å²) in [6, 6.07) is 15.3. The predicted octanol–water partition coefficient (Wildman–Crippen LogP) is 3.14. The van der Waals surface area contributed by atoms with Crippen LogP contribution in [-0.4, -0.2) is 23.0 Å². The molecule has 1 aromatic heterocycles. The van der Waals surface area contributed by atoms with Crippen LogP contribution in [0.1, 0.15) is 34.9 Å². The molecule has 1 aliphatic rings. The van der Waals surface area contributed by atoms with Crippen LogP contribution in [-0.2, 0) is 11.4 Å². The zero-order chi connectivity index (χ0) is 20.4. The Labute approximate surface area is 167 Å². The Balaban J connectivity index is 1.66. The summed E-state index contributed by atoms with van der Waals surface area (Å²) in [5.41, 5.74) is 2.04. The molecule has 148 valence electrons. The van der Waals surface area contributed by atoms with E-state index in [1.807, 2.05) is 42.5 Å². The normalized spacial score (nSPS) is 15.4. The number of H-pyrrole nitrogens is 1. The number of methoxy groups -OCH3 is 1. The summed E-state index contributed by atoms with van der Waals surface area (Å²) in [5, 5.41) is 2.69. The first-order valence-corrected chi connectivity index (χ1v) is 9.30. The van der Waals surface area contributed by atoms with Crippen LogP contribution in [0.15, 0.2) is 53.3 Å². The van der Waals surface area contributed by atoms with Crippen LogP contribution >= 0.6 is 0 Å². The molecule has 0 saturated heterocycles. The minimum absolute atomic E-state index is 0.161. The van der Waals surface area contributed by atoms with Gasteiger partial charge in [0.25, 0.3) is 5.56 Å². The van der Waals surface area contributed by atoms with Crippen LogP contribution in [0.4, 0.5) is 5.82 Å². The molecule has 2 aromatic carbocycles. The van der Waals surface area contributed by atoms with Gasteiger partial charge < -0.3 is 19.8 Å². The first-order chi connectivity index (χ1) is 14.0. The van der Waals surface area contributed by atoms with Crippen molar-refractivity contribution in [2.75, 3.05) is 12.4 Å². The Morgan fingerprint density at radius 2 is 1.90 bits per heavy atom. The van der Waals surface area contributed by atoms with Gasteiger partial charge in [0.1, 0.15) is 18.2 Å². The Hall–Kier alpha value is -3.61. The number of aromatic amines is 1. The molecule has 2 heterocycles.